The Labute approximate surface area is 232 Å². The number of unbranched alkanes of at least 4 members (excludes halogenated alkanes) is 16. The second kappa shape index (κ2) is 22.0. The van der Waals surface area contributed by atoms with E-state index in [2.05, 4.69) is 19.1 Å². The van der Waals surface area contributed by atoms with E-state index in [1.54, 1.807) is 0 Å². The Morgan fingerprint density at radius 3 is 1.29 bits per heavy atom. The quantitative estimate of drug-likeness (QED) is 0.0738. The molecule has 7 heteroatoms. The number of carboxylic acid groups (broad SMARTS) is 3. The summed E-state index contributed by atoms with van der Waals surface area (Å²) < 4.78 is -0.543. The van der Waals surface area contributed by atoms with Crippen LogP contribution in [0.25, 0.3) is 0 Å². The molecular weight excluding hydrogens is 482 g/mol. The maximum absolute atomic E-state index is 11.8. The van der Waals surface area contributed by atoms with Gasteiger partial charge in [-0.25, -0.2) is 9.59 Å². The maximum atomic E-state index is 11.8. The first-order valence-corrected chi connectivity index (χ1v) is 15.3. The molecule has 0 radical (unpaired) electrons. The number of carbonyl (C=O) groups is 3. The highest BCUT2D eigenvalue weighted by Crippen LogP contribution is 2.27. The van der Waals surface area contributed by atoms with Gasteiger partial charge < -0.3 is 20.1 Å². The molecular formula is C31H57NO6. The topological polar surface area (TPSA) is 115 Å². The fourth-order valence-corrected chi connectivity index (χ4v) is 5.53. The lowest BCUT2D eigenvalue weighted by molar-refractivity contribution is -0.969. The lowest BCUT2D eigenvalue weighted by Gasteiger charge is -2.49. The highest BCUT2D eigenvalue weighted by atomic mass is 16.4. The Hall–Kier alpha value is -1.89. The van der Waals surface area contributed by atoms with Crippen molar-refractivity contribution in [1.29, 1.82) is 0 Å². The Balaban J connectivity index is 4.12. The van der Waals surface area contributed by atoms with Crippen LogP contribution in [-0.4, -0.2) is 57.3 Å². The van der Waals surface area contributed by atoms with Crippen molar-refractivity contribution in [3.8, 4) is 0 Å². The molecule has 0 saturated carbocycles. The second-order valence-corrected chi connectivity index (χ2v) is 11.1. The van der Waals surface area contributed by atoms with Gasteiger partial charge in [0.15, 0.2) is 12.1 Å². The normalized spacial score (nSPS) is 15.7. The molecule has 7 nitrogen and oxygen atoms in total. The van der Waals surface area contributed by atoms with Crippen LogP contribution in [-0.2, 0) is 14.4 Å². The zero-order valence-corrected chi connectivity index (χ0v) is 24.8. The third kappa shape index (κ3) is 14.3. The van der Waals surface area contributed by atoms with Gasteiger partial charge in [0.2, 0.25) is 0 Å². The Bertz CT molecular complexity index is 627. The Morgan fingerprint density at radius 1 is 0.605 bits per heavy atom. The molecule has 0 heterocycles. The molecule has 222 valence electrons. The highest BCUT2D eigenvalue weighted by molar-refractivity contribution is 5.76. The van der Waals surface area contributed by atoms with Crippen LogP contribution in [0.3, 0.4) is 0 Å². The molecule has 38 heavy (non-hydrogen) atoms. The lowest BCUT2D eigenvalue weighted by atomic mass is 10.00. The van der Waals surface area contributed by atoms with Crippen molar-refractivity contribution < 1.29 is 34.2 Å². The van der Waals surface area contributed by atoms with Crippen LogP contribution < -0.4 is 5.11 Å². The smallest absolute Gasteiger partial charge is 0.362 e. The van der Waals surface area contributed by atoms with E-state index in [9.17, 15) is 29.7 Å². The van der Waals surface area contributed by atoms with E-state index in [1.165, 1.54) is 97.8 Å². The Kier molecular flexibility index (Phi) is 20.9. The number of carboxylic acids is 3. The summed E-state index contributed by atoms with van der Waals surface area (Å²) in [7, 11) is 0. The predicted molar refractivity (Wildman–Crippen MR) is 152 cm³/mol. The summed E-state index contributed by atoms with van der Waals surface area (Å²) >= 11 is 0. The third-order valence-electron chi connectivity index (χ3n) is 8.28. The van der Waals surface area contributed by atoms with Crippen LogP contribution in [0.4, 0.5) is 0 Å². The van der Waals surface area contributed by atoms with Gasteiger partial charge in [-0.15, -0.1) is 0 Å². The lowest BCUT2D eigenvalue weighted by Crippen LogP contribution is -2.72. The van der Waals surface area contributed by atoms with Crippen LogP contribution in [0.1, 0.15) is 143 Å². The molecule has 0 amide bonds. The standard InChI is InChI=1S/C31H57NO6/c1-5-6-7-8-9-10-11-12-13-14-15-16-17-18-19-20-21-22-23-24-25-32(26(2)29(33)34,27(3)30(35)36)28(4)31(37)38/h15-16,26-28H,5-14,17-25H2,1-4H3,(H2-,33,34,35,36,37,38)/b16-15+. The number of nitrogens with zero attached hydrogens (tertiary/aromatic N) is 1. The maximum Gasteiger partial charge on any atom is 0.362 e. The number of allylic oxidation sites excluding steroid dienone is 2. The summed E-state index contributed by atoms with van der Waals surface area (Å²) in [6.07, 6.45) is 26.2. The van der Waals surface area contributed by atoms with E-state index in [0.717, 1.165) is 32.1 Å². The fraction of sp³-hybridized carbons (Fsp3) is 0.839. The van der Waals surface area contributed by atoms with Gasteiger partial charge in [0.1, 0.15) is 6.04 Å². The first-order valence-electron chi connectivity index (χ1n) is 15.3. The molecule has 0 aliphatic carbocycles. The van der Waals surface area contributed by atoms with Crippen molar-refractivity contribution in [1.82, 2.24) is 0 Å². The first kappa shape index (κ1) is 36.1. The molecule has 2 N–H and O–H groups in total. The van der Waals surface area contributed by atoms with Crippen LogP contribution in [0.15, 0.2) is 12.2 Å². The fourth-order valence-electron chi connectivity index (χ4n) is 5.53. The van der Waals surface area contributed by atoms with Crippen molar-refractivity contribution in [3.05, 3.63) is 12.2 Å². The summed E-state index contributed by atoms with van der Waals surface area (Å²) in [5, 5.41) is 30.9. The molecule has 0 aliphatic rings. The molecule has 0 spiro atoms. The third-order valence-corrected chi connectivity index (χ3v) is 8.28. The van der Waals surface area contributed by atoms with E-state index in [4.69, 9.17) is 0 Å². The molecule has 3 atom stereocenters. The van der Waals surface area contributed by atoms with Crippen molar-refractivity contribution in [3.63, 3.8) is 0 Å². The van der Waals surface area contributed by atoms with Gasteiger partial charge in [-0.3, -0.25) is 4.48 Å². The van der Waals surface area contributed by atoms with E-state index in [0.29, 0.717) is 6.42 Å². The number of carbonyl (C=O) groups excluding carboxylic acids is 1. The molecule has 0 rings (SSSR count). The minimum Gasteiger partial charge on any atom is -0.544 e. The molecule has 0 bridgehead atoms. The van der Waals surface area contributed by atoms with Crippen LogP contribution in [0, 0.1) is 0 Å². The zero-order valence-electron chi connectivity index (χ0n) is 24.8. The summed E-state index contributed by atoms with van der Waals surface area (Å²) in [4.78, 5) is 35.3. The zero-order chi connectivity index (χ0) is 28.8. The first-order chi connectivity index (χ1) is 18.1. The van der Waals surface area contributed by atoms with Gasteiger partial charge in [0, 0.05) is 0 Å². The van der Waals surface area contributed by atoms with Crippen molar-refractivity contribution in [2.75, 3.05) is 6.54 Å². The molecule has 0 aromatic heterocycles. The molecule has 0 fully saturated rings. The van der Waals surface area contributed by atoms with E-state index in [1.807, 2.05) is 0 Å². The molecule has 0 aromatic rings. The van der Waals surface area contributed by atoms with Crippen LogP contribution >= 0.6 is 0 Å². The second-order valence-electron chi connectivity index (χ2n) is 11.1. The van der Waals surface area contributed by atoms with Gasteiger partial charge in [-0.1, -0.05) is 96.1 Å². The van der Waals surface area contributed by atoms with E-state index >= 15 is 0 Å². The average Bonchev–Trinajstić information content (AvgIpc) is 2.88. The monoisotopic (exact) mass is 539 g/mol. The minimum absolute atomic E-state index is 0.180. The minimum atomic E-state index is -1.42. The van der Waals surface area contributed by atoms with Gasteiger partial charge in [0.25, 0.3) is 0 Å². The molecule has 0 aromatic carbocycles. The highest BCUT2D eigenvalue weighted by Gasteiger charge is 2.50. The molecule has 3 unspecified atom stereocenters. The molecule has 0 aliphatic heterocycles. The number of quaternary nitrogens is 1. The van der Waals surface area contributed by atoms with Crippen molar-refractivity contribution >= 4 is 17.9 Å². The van der Waals surface area contributed by atoms with E-state index in [-0.39, 0.29) is 6.54 Å². The van der Waals surface area contributed by atoms with Gasteiger partial charge in [-0.05, 0) is 59.3 Å². The number of hydrogen-bond donors (Lipinski definition) is 2. The van der Waals surface area contributed by atoms with Crippen molar-refractivity contribution in [2.24, 2.45) is 0 Å². The number of aliphatic carboxylic acids is 3. The summed E-state index contributed by atoms with van der Waals surface area (Å²) in [6.45, 7) is 6.59. The van der Waals surface area contributed by atoms with Gasteiger partial charge in [-0.2, -0.15) is 0 Å². The van der Waals surface area contributed by atoms with Gasteiger partial charge in [0.05, 0.1) is 12.5 Å². The predicted octanol–water partition coefficient (Wildman–Crippen LogP) is 6.49. The van der Waals surface area contributed by atoms with Crippen LogP contribution in [0.2, 0.25) is 0 Å². The summed E-state index contributed by atoms with van der Waals surface area (Å²) in [5.41, 5.74) is 0. The van der Waals surface area contributed by atoms with Crippen molar-refractivity contribution in [2.45, 2.75) is 161 Å². The number of hydrogen-bond acceptors (Lipinski definition) is 4. The summed E-state index contributed by atoms with van der Waals surface area (Å²) in [5.74, 6) is -3.82. The Morgan fingerprint density at radius 2 is 0.947 bits per heavy atom. The van der Waals surface area contributed by atoms with Gasteiger partial charge >= 0.3 is 11.9 Å². The number of rotatable bonds is 26. The SMILES string of the molecule is CCCCCCCCCCC/C=C/CCCCCCCCC[N+](C(C)C(=O)[O-])(C(C)C(=O)O)C(C)C(=O)O. The van der Waals surface area contributed by atoms with E-state index < -0.39 is 40.5 Å². The largest absolute Gasteiger partial charge is 0.544 e. The molecule has 0 saturated heterocycles. The van der Waals surface area contributed by atoms with Crippen LogP contribution in [0.5, 0.6) is 0 Å². The average molecular weight is 540 g/mol. The summed E-state index contributed by atoms with van der Waals surface area (Å²) in [6, 6.07) is -3.56.